The van der Waals surface area contributed by atoms with Crippen molar-refractivity contribution in [1.82, 2.24) is 0 Å². The van der Waals surface area contributed by atoms with Crippen molar-refractivity contribution in [3.63, 3.8) is 0 Å². The molecule has 0 saturated heterocycles. The van der Waals surface area contributed by atoms with Crippen LogP contribution in [0.5, 0.6) is 0 Å². The van der Waals surface area contributed by atoms with Gasteiger partial charge in [-0.15, -0.1) is 0 Å². The van der Waals surface area contributed by atoms with Gasteiger partial charge >= 0.3 is 38.6 Å². The second-order valence-electron chi connectivity index (χ2n) is 0.600. The van der Waals surface area contributed by atoms with Gasteiger partial charge < -0.3 is 20.6 Å². The fraction of sp³-hybridized carbons (Fsp3) is 1.00. The Morgan fingerprint density at radius 3 is 1.00 bits per heavy atom. The second-order valence-corrected chi connectivity index (χ2v) is 1.80. The summed E-state index contributed by atoms with van der Waals surface area (Å²) in [7, 11) is -4.61. The minimum absolute atomic E-state index is 0. The molecule has 6 heteroatoms. The molecule has 0 saturated carbocycles. The molecule has 0 radical (unpaired) electrons. The van der Waals surface area contributed by atoms with Gasteiger partial charge in [0.05, 0.1) is 0 Å². The second kappa shape index (κ2) is 5.20. The molecule has 0 aliphatic heterocycles. The van der Waals surface area contributed by atoms with Crippen molar-refractivity contribution < 1.29 is 50.2 Å². The van der Waals surface area contributed by atoms with Crippen LogP contribution in [0.4, 0.5) is 0 Å². The van der Waals surface area contributed by atoms with Gasteiger partial charge in [0.25, 0.3) is 0 Å². The summed E-state index contributed by atoms with van der Waals surface area (Å²) in [4.78, 5) is 29.3. The predicted molar refractivity (Wildman–Crippen MR) is 22.5 cm³/mol. The van der Waals surface area contributed by atoms with Gasteiger partial charge in [0.2, 0.25) is 0 Å². The average Bonchev–Trinajstić information content (AvgIpc) is 0.722. The van der Waals surface area contributed by atoms with E-state index >= 15 is 0 Å². The van der Waals surface area contributed by atoms with E-state index < -0.39 is 9.05 Å². The van der Waals surface area contributed by atoms with Crippen LogP contribution in [0.25, 0.3) is 0 Å². The Bertz CT molecular complexity index is 31.5. The summed E-state index contributed by atoms with van der Waals surface area (Å²) in [5.41, 5.74) is 0. The van der Waals surface area contributed by atoms with E-state index in [1.54, 1.807) is 0 Å². The summed E-state index contributed by atoms with van der Waals surface area (Å²) in [5.74, 6) is 0. The molecular formula is CH9NaO4Si. The standard InChI is InChI=1S/CH4.Na.H4O4Si.H/c;;1-5(2,3)4;/h1H4;;1-4H;/q;+1;;-1. The van der Waals surface area contributed by atoms with Crippen LogP contribution >= 0.6 is 0 Å². The number of rotatable bonds is 0. The van der Waals surface area contributed by atoms with Gasteiger partial charge in [0.1, 0.15) is 0 Å². The van der Waals surface area contributed by atoms with Crippen molar-refractivity contribution in [3.05, 3.63) is 0 Å². The fourth-order valence-electron chi connectivity index (χ4n) is 0. The third-order valence-corrected chi connectivity index (χ3v) is 0. The summed E-state index contributed by atoms with van der Waals surface area (Å²) in [6, 6.07) is 0. The molecule has 0 aliphatic rings. The Kier molecular flexibility index (Phi) is 11.7. The summed E-state index contributed by atoms with van der Waals surface area (Å²) in [6.07, 6.45) is 0. The van der Waals surface area contributed by atoms with Crippen molar-refractivity contribution in [2.75, 3.05) is 0 Å². The average molecular weight is 136 g/mol. The van der Waals surface area contributed by atoms with Crippen molar-refractivity contribution in [3.8, 4) is 0 Å². The molecule has 0 rings (SSSR count). The molecule has 0 aliphatic carbocycles. The first-order valence-electron chi connectivity index (χ1n) is 0.894. The zero-order valence-corrected chi connectivity index (χ0v) is 6.29. The molecule has 4 N–H and O–H groups in total. The fourth-order valence-corrected chi connectivity index (χ4v) is 0. The van der Waals surface area contributed by atoms with Crippen LogP contribution in [-0.2, 0) is 0 Å². The number of hydrogen-bond acceptors (Lipinski definition) is 4. The Balaban J connectivity index is -0.0000000267. The smallest absolute Gasteiger partial charge is 1.00 e. The minimum atomic E-state index is -4.61. The molecule has 42 valence electrons. The van der Waals surface area contributed by atoms with Crippen molar-refractivity contribution in [1.29, 1.82) is 0 Å². The van der Waals surface area contributed by atoms with Crippen LogP contribution in [0.1, 0.15) is 8.85 Å². The molecule has 4 nitrogen and oxygen atoms in total. The molecule has 0 aromatic rings. The maximum Gasteiger partial charge on any atom is 1.00 e. The van der Waals surface area contributed by atoms with Crippen molar-refractivity contribution in [2.24, 2.45) is 0 Å². The molecule has 0 unspecified atom stereocenters. The molecule has 7 heavy (non-hydrogen) atoms. The van der Waals surface area contributed by atoms with E-state index in [1.807, 2.05) is 0 Å². The Labute approximate surface area is 66.7 Å². The summed E-state index contributed by atoms with van der Waals surface area (Å²) < 4.78 is 0. The van der Waals surface area contributed by atoms with Gasteiger partial charge in [-0.1, -0.05) is 7.43 Å². The molecule has 0 atom stereocenters. The van der Waals surface area contributed by atoms with Crippen molar-refractivity contribution >= 4 is 9.05 Å². The van der Waals surface area contributed by atoms with Crippen LogP contribution in [-0.4, -0.2) is 28.2 Å². The van der Waals surface area contributed by atoms with Crippen LogP contribution in [0.2, 0.25) is 0 Å². The molecule has 0 heterocycles. The molecular weight excluding hydrogens is 127 g/mol. The largest absolute Gasteiger partial charge is 1.00 e. The summed E-state index contributed by atoms with van der Waals surface area (Å²) in [5, 5.41) is 0. The first-order chi connectivity index (χ1) is 2.00. The predicted octanol–water partition coefficient (Wildman–Crippen LogP) is -4.86. The van der Waals surface area contributed by atoms with Gasteiger partial charge in [-0.25, -0.2) is 0 Å². The van der Waals surface area contributed by atoms with E-state index in [-0.39, 0.29) is 38.4 Å². The Hall–Kier alpha value is 1.06. The quantitative estimate of drug-likeness (QED) is 0.252. The van der Waals surface area contributed by atoms with E-state index in [2.05, 4.69) is 0 Å². The molecule has 0 fully saturated rings. The first kappa shape index (κ1) is 15.7. The number of hydrogen-bond donors (Lipinski definition) is 4. The van der Waals surface area contributed by atoms with Gasteiger partial charge in [-0.05, 0) is 0 Å². The topological polar surface area (TPSA) is 80.9 Å². The van der Waals surface area contributed by atoms with Crippen molar-refractivity contribution in [2.45, 2.75) is 7.43 Å². The minimum Gasteiger partial charge on any atom is -1.00 e. The molecule has 0 aromatic heterocycles. The Morgan fingerprint density at radius 1 is 1.00 bits per heavy atom. The maximum atomic E-state index is 7.33. The normalized spacial score (nSPS) is 8.57. The van der Waals surface area contributed by atoms with Gasteiger partial charge in [-0.3, -0.25) is 0 Å². The Morgan fingerprint density at radius 2 is 1.00 bits per heavy atom. The molecule has 0 bridgehead atoms. The van der Waals surface area contributed by atoms with E-state index in [1.165, 1.54) is 0 Å². The van der Waals surface area contributed by atoms with E-state index in [4.69, 9.17) is 19.2 Å². The van der Waals surface area contributed by atoms with Crippen LogP contribution in [0.15, 0.2) is 0 Å². The van der Waals surface area contributed by atoms with E-state index in [9.17, 15) is 0 Å². The summed E-state index contributed by atoms with van der Waals surface area (Å²) in [6.45, 7) is 0. The van der Waals surface area contributed by atoms with Gasteiger partial charge in [-0.2, -0.15) is 0 Å². The van der Waals surface area contributed by atoms with Crippen LogP contribution in [0, 0.1) is 0 Å². The van der Waals surface area contributed by atoms with Gasteiger partial charge in [0, 0.05) is 0 Å². The monoisotopic (exact) mass is 136 g/mol. The third kappa shape index (κ3) is 162. The zero-order chi connectivity index (χ0) is 4.50. The van der Waals surface area contributed by atoms with Crippen LogP contribution < -0.4 is 29.6 Å². The first-order valence-corrected chi connectivity index (χ1v) is 2.68. The third-order valence-electron chi connectivity index (χ3n) is 0. The van der Waals surface area contributed by atoms with Crippen LogP contribution in [0.3, 0.4) is 0 Å². The van der Waals surface area contributed by atoms with E-state index in [0.29, 0.717) is 0 Å². The molecule has 0 aromatic carbocycles. The SMILES string of the molecule is C.O[Si](O)(O)O.[H-].[Na+]. The summed E-state index contributed by atoms with van der Waals surface area (Å²) >= 11 is 0. The van der Waals surface area contributed by atoms with Gasteiger partial charge in [0.15, 0.2) is 0 Å². The maximum absolute atomic E-state index is 7.33. The zero-order valence-electron chi connectivity index (χ0n) is 4.29. The molecule has 0 spiro atoms. The molecule has 0 amide bonds. The van der Waals surface area contributed by atoms with E-state index in [0.717, 1.165) is 0 Å².